The smallest absolute Gasteiger partial charge is 0.0783 e. The molecule has 2 fully saturated rings. The predicted molar refractivity (Wildman–Crippen MR) is 91.1 cm³/mol. The van der Waals surface area contributed by atoms with Crippen LogP contribution in [0.4, 0.5) is 0 Å². The van der Waals surface area contributed by atoms with Gasteiger partial charge in [0, 0.05) is 32.1 Å². The lowest BCUT2D eigenvalue weighted by atomic mass is 9.78. The van der Waals surface area contributed by atoms with Crippen LogP contribution in [0.1, 0.15) is 46.0 Å². The molecular formula is C17H33NO2S. The summed E-state index contributed by atoms with van der Waals surface area (Å²) in [4.78, 5) is 0. The minimum Gasteiger partial charge on any atom is -0.384 e. The molecule has 4 atom stereocenters. The van der Waals surface area contributed by atoms with Gasteiger partial charge in [0.2, 0.25) is 0 Å². The van der Waals surface area contributed by atoms with E-state index in [1.807, 2.05) is 7.11 Å². The van der Waals surface area contributed by atoms with E-state index in [9.17, 15) is 0 Å². The first kappa shape index (κ1) is 17.6. The minimum atomic E-state index is 0.199. The van der Waals surface area contributed by atoms with Gasteiger partial charge in [-0.1, -0.05) is 13.8 Å². The van der Waals surface area contributed by atoms with E-state index in [0.29, 0.717) is 12.0 Å². The summed E-state index contributed by atoms with van der Waals surface area (Å²) in [6, 6.07) is 0.626. The standard InChI is InChI=1S/C17H33NO2S/c1-4-7-18-16(10-14(2)12-19-3)15-5-8-20-17(11-15)6-9-21-13-17/h14-16,18H,4-13H2,1-3H3. The van der Waals surface area contributed by atoms with Gasteiger partial charge >= 0.3 is 0 Å². The van der Waals surface area contributed by atoms with Gasteiger partial charge in [-0.05, 0) is 56.2 Å². The van der Waals surface area contributed by atoms with Gasteiger partial charge in [-0.15, -0.1) is 0 Å². The molecule has 0 aromatic rings. The summed E-state index contributed by atoms with van der Waals surface area (Å²) in [6.07, 6.45) is 6.15. The molecule has 0 amide bonds. The summed E-state index contributed by atoms with van der Waals surface area (Å²) in [5, 5.41) is 3.82. The molecule has 0 saturated carbocycles. The van der Waals surface area contributed by atoms with Crippen LogP contribution in [0.5, 0.6) is 0 Å². The maximum atomic E-state index is 6.19. The third kappa shape index (κ3) is 5.12. The van der Waals surface area contributed by atoms with Crippen molar-refractivity contribution in [2.45, 2.75) is 57.6 Å². The lowest BCUT2D eigenvalue weighted by Crippen LogP contribution is -2.47. The van der Waals surface area contributed by atoms with E-state index in [0.717, 1.165) is 25.7 Å². The predicted octanol–water partition coefficient (Wildman–Crippen LogP) is 3.33. The van der Waals surface area contributed by atoms with Gasteiger partial charge in [-0.3, -0.25) is 0 Å². The fourth-order valence-electron chi connectivity index (χ4n) is 3.83. The molecule has 21 heavy (non-hydrogen) atoms. The summed E-state index contributed by atoms with van der Waals surface area (Å²) in [7, 11) is 1.81. The number of nitrogens with one attached hydrogen (secondary N) is 1. The quantitative estimate of drug-likeness (QED) is 0.744. The molecule has 2 saturated heterocycles. The Morgan fingerprint density at radius 2 is 2.33 bits per heavy atom. The monoisotopic (exact) mass is 315 g/mol. The van der Waals surface area contributed by atoms with Crippen molar-refractivity contribution in [3.8, 4) is 0 Å². The summed E-state index contributed by atoms with van der Waals surface area (Å²) in [5.74, 6) is 3.88. The van der Waals surface area contributed by atoms with E-state index >= 15 is 0 Å². The van der Waals surface area contributed by atoms with Gasteiger partial charge in [-0.2, -0.15) is 11.8 Å². The SMILES string of the molecule is CCCNC(CC(C)COC)C1CCOC2(CCSC2)C1. The molecule has 2 aliphatic heterocycles. The molecule has 0 aliphatic carbocycles. The Balaban J connectivity index is 1.94. The van der Waals surface area contributed by atoms with E-state index in [-0.39, 0.29) is 5.60 Å². The van der Waals surface area contributed by atoms with E-state index in [1.165, 1.54) is 43.6 Å². The molecule has 0 radical (unpaired) electrons. The number of ether oxygens (including phenoxy) is 2. The summed E-state index contributed by atoms with van der Waals surface area (Å²) >= 11 is 2.07. The average Bonchev–Trinajstić information content (AvgIpc) is 2.91. The molecule has 1 spiro atoms. The minimum absolute atomic E-state index is 0.199. The Kier molecular flexibility index (Phi) is 7.33. The lowest BCUT2D eigenvalue weighted by molar-refractivity contribution is -0.0864. The second kappa shape index (κ2) is 8.76. The number of hydrogen-bond acceptors (Lipinski definition) is 4. The van der Waals surface area contributed by atoms with E-state index in [2.05, 4.69) is 30.9 Å². The second-order valence-corrected chi connectivity index (χ2v) is 8.05. The fraction of sp³-hybridized carbons (Fsp3) is 1.00. The third-order valence-corrected chi connectivity index (χ3v) is 6.15. The first-order valence-corrected chi connectivity index (χ1v) is 9.78. The second-order valence-electron chi connectivity index (χ2n) is 6.94. The highest BCUT2D eigenvalue weighted by Crippen LogP contribution is 2.41. The van der Waals surface area contributed by atoms with E-state index < -0.39 is 0 Å². The van der Waals surface area contributed by atoms with Crippen molar-refractivity contribution >= 4 is 11.8 Å². The molecule has 2 rings (SSSR count). The Bertz CT molecular complexity index is 295. The van der Waals surface area contributed by atoms with Gasteiger partial charge in [0.15, 0.2) is 0 Å². The molecule has 0 bridgehead atoms. The Morgan fingerprint density at radius 1 is 1.48 bits per heavy atom. The number of rotatable bonds is 8. The lowest BCUT2D eigenvalue weighted by Gasteiger charge is -2.41. The Labute approximate surface area is 134 Å². The van der Waals surface area contributed by atoms with Crippen LogP contribution >= 0.6 is 11.8 Å². The molecule has 2 aliphatic rings. The van der Waals surface area contributed by atoms with Crippen LogP contribution < -0.4 is 5.32 Å². The zero-order valence-electron chi connectivity index (χ0n) is 14.0. The number of methoxy groups -OCH3 is 1. The fourth-order valence-corrected chi connectivity index (χ4v) is 5.21. The summed E-state index contributed by atoms with van der Waals surface area (Å²) in [6.45, 7) is 7.51. The maximum absolute atomic E-state index is 6.19. The maximum Gasteiger partial charge on any atom is 0.0783 e. The van der Waals surface area contributed by atoms with Crippen molar-refractivity contribution in [3.63, 3.8) is 0 Å². The van der Waals surface area contributed by atoms with Crippen LogP contribution in [0.25, 0.3) is 0 Å². The molecule has 4 heteroatoms. The number of hydrogen-bond donors (Lipinski definition) is 1. The highest BCUT2D eigenvalue weighted by atomic mass is 32.2. The highest BCUT2D eigenvalue weighted by molar-refractivity contribution is 7.99. The highest BCUT2D eigenvalue weighted by Gasteiger charge is 2.42. The summed E-state index contributed by atoms with van der Waals surface area (Å²) < 4.78 is 11.5. The normalized spacial score (nSPS) is 32.4. The van der Waals surface area contributed by atoms with Crippen molar-refractivity contribution in [1.29, 1.82) is 0 Å². The van der Waals surface area contributed by atoms with Gasteiger partial charge in [-0.25, -0.2) is 0 Å². The molecule has 3 nitrogen and oxygen atoms in total. The van der Waals surface area contributed by atoms with Crippen LogP contribution in [-0.2, 0) is 9.47 Å². The first-order chi connectivity index (χ1) is 10.2. The van der Waals surface area contributed by atoms with Gasteiger partial charge in [0.1, 0.15) is 0 Å². The van der Waals surface area contributed by atoms with Crippen molar-refractivity contribution in [1.82, 2.24) is 5.32 Å². The summed E-state index contributed by atoms with van der Waals surface area (Å²) in [5.41, 5.74) is 0.199. The van der Waals surface area contributed by atoms with Crippen LogP contribution in [-0.4, -0.2) is 50.0 Å². The molecule has 1 N–H and O–H groups in total. The van der Waals surface area contributed by atoms with Crippen LogP contribution in [0, 0.1) is 11.8 Å². The van der Waals surface area contributed by atoms with Crippen molar-refractivity contribution in [2.24, 2.45) is 11.8 Å². The Hall–Kier alpha value is 0.230. The zero-order valence-corrected chi connectivity index (χ0v) is 14.8. The van der Waals surface area contributed by atoms with Gasteiger partial charge in [0.05, 0.1) is 5.60 Å². The topological polar surface area (TPSA) is 30.5 Å². The van der Waals surface area contributed by atoms with Gasteiger partial charge in [0.25, 0.3) is 0 Å². The van der Waals surface area contributed by atoms with Crippen LogP contribution in [0.3, 0.4) is 0 Å². The molecule has 2 heterocycles. The Morgan fingerprint density at radius 3 is 3.00 bits per heavy atom. The van der Waals surface area contributed by atoms with Crippen LogP contribution in [0.15, 0.2) is 0 Å². The van der Waals surface area contributed by atoms with E-state index in [4.69, 9.17) is 9.47 Å². The van der Waals surface area contributed by atoms with Gasteiger partial charge < -0.3 is 14.8 Å². The zero-order chi connectivity index (χ0) is 15.1. The van der Waals surface area contributed by atoms with E-state index in [1.54, 1.807) is 0 Å². The van der Waals surface area contributed by atoms with Crippen molar-refractivity contribution in [3.05, 3.63) is 0 Å². The van der Waals surface area contributed by atoms with Crippen molar-refractivity contribution < 1.29 is 9.47 Å². The first-order valence-electron chi connectivity index (χ1n) is 8.63. The molecule has 124 valence electrons. The van der Waals surface area contributed by atoms with Crippen molar-refractivity contribution in [2.75, 3.05) is 38.4 Å². The molecule has 4 unspecified atom stereocenters. The molecular weight excluding hydrogens is 282 g/mol. The number of thioether (sulfide) groups is 1. The molecule has 0 aromatic carbocycles. The largest absolute Gasteiger partial charge is 0.384 e. The molecule has 0 aromatic heterocycles. The third-order valence-electron chi connectivity index (χ3n) is 4.93. The van der Waals surface area contributed by atoms with Crippen LogP contribution in [0.2, 0.25) is 0 Å². The average molecular weight is 316 g/mol.